The SMILES string of the molecule is Cc1ccccc1.[Ce+3].[Ce+3].[O-2].[O-2].[O-2]. The summed E-state index contributed by atoms with van der Waals surface area (Å²) in [5.41, 5.74) is 1.32. The molecule has 62 valence electrons. The number of hydrogen-bond donors (Lipinski definition) is 0. The molecule has 1 rings (SSSR count). The average Bonchev–Trinajstić information content (AvgIpc) is 1.69. The van der Waals surface area contributed by atoms with E-state index in [0.717, 1.165) is 0 Å². The van der Waals surface area contributed by atoms with Crippen molar-refractivity contribution in [2.24, 2.45) is 0 Å². The van der Waals surface area contributed by atoms with Gasteiger partial charge >= 0.3 is 83.5 Å². The van der Waals surface area contributed by atoms with Crippen molar-refractivity contribution in [3.05, 3.63) is 35.9 Å². The molecule has 0 N–H and O–H groups in total. The number of rotatable bonds is 0. The fourth-order valence-corrected chi connectivity index (χ4v) is 0.534. The number of benzene rings is 1. The molecule has 5 heteroatoms. The molecular formula is C7H8Ce2O3. The Morgan fingerprint density at radius 3 is 1.25 bits per heavy atom. The Morgan fingerprint density at radius 2 is 1.08 bits per heavy atom. The molecular weight excluding hydrogens is 412 g/mol. The zero-order valence-corrected chi connectivity index (χ0v) is 12.9. The van der Waals surface area contributed by atoms with Gasteiger partial charge < -0.3 is 16.4 Å². The van der Waals surface area contributed by atoms with Gasteiger partial charge in [0.15, 0.2) is 0 Å². The summed E-state index contributed by atoms with van der Waals surface area (Å²) >= 11 is 0. The Bertz CT molecular complexity index is 147. The second kappa shape index (κ2) is 18.6. The van der Waals surface area contributed by atoms with E-state index >= 15 is 0 Å². The van der Waals surface area contributed by atoms with Crippen LogP contribution in [-0.4, -0.2) is 0 Å². The molecule has 1 aromatic carbocycles. The van der Waals surface area contributed by atoms with E-state index in [1.165, 1.54) is 5.56 Å². The maximum atomic E-state index is 2.08. The molecule has 0 aromatic heterocycles. The Labute approximate surface area is 140 Å². The molecule has 0 saturated carbocycles. The molecule has 0 aliphatic heterocycles. The molecule has 3 nitrogen and oxygen atoms in total. The predicted molar refractivity (Wildman–Crippen MR) is 33.2 cm³/mol. The summed E-state index contributed by atoms with van der Waals surface area (Å²) in [5, 5.41) is 0. The molecule has 0 aliphatic carbocycles. The van der Waals surface area contributed by atoms with E-state index in [-0.39, 0.29) is 99.9 Å². The third kappa shape index (κ3) is 14.4. The first-order valence-corrected chi connectivity index (χ1v) is 2.41. The van der Waals surface area contributed by atoms with Crippen LogP contribution in [0, 0.1) is 90.4 Å². The average molecular weight is 420 g/mol. The van der Waals surface area contributed by atoms with Gasteiger partial charge in [-0.05, 0) is 6.92 Å². The van der Waals surface area contributed by atoms with Gasteiger partial charge in [-0.15, -0.1) is 0 Å². The van der Waals surface area contributed by atoms with E-state index in [4.69, 9.17) is 0 Å². The van der Waals surface area contributed by atoms with Crippen LogP contribution in [0.4, 0.5) is 0 Å². The third-order valence-electron chi connectivity index (χ3n) is 0.940. The third-order valence-corrected chi connectivity index (χ3v) is 0.940. The molecule has 0 unspecified atom stereocenters. The minimum Gasteiger partial charge on any atom is -2.00 e. The van der Waals surface area contributed by atoms with Gasteiger partial charge in [-0.2, -0.15) is 0 Å². The van der Waals surface area contributed by atoms with Crippen molar-refractivity contribution in [3.63, 3.8) is 0 Å². The second-order valence-electron chi connectivity index (χ2n) is 1.65. The zero-order chi connectivity index (χ0) is 5.11. The zero-order valence-electron chi connectivity index (χ0n) is 6.61. The largest absolute Gasteiger partial charge is 3.00 e. The molecule has 0 aliphatic rings. The van der Waals surface area contributed by atoms with Crippen LogP contribution >= 0.6 is 0 Å². The van der Waals surface area contributed by atoms with Crippen LogP contribution in [0.25, 0.3) is 0 Å². The fraction of sp³-hybridized carbons (Fsp3) is 0.143. The summed E-state index contributed by atoms with van der Waals surface area (Å²) < 4.78 is 0. The van der Waals surface area contributed by atoms with Gasteiger partial charge in [0.25, 0.3) is 0 Å². The van der Waals surface area contributed by atoms with E-state index in [2.05, 4.69) is 19.1 Å². The first-order valence-electron chi connectivity index (χ1n) is 2.41. The minimum atomic E-state index is 0. The molecule has 0 atom stereocenters. The van der Waals surface area contributed by atoms with Crippen LogP contribution < -0.4 is 0 Å². The quantitative estimate of drug-likeness (QED) is 0.611. The molecule has 1 aromatic rings. The molecule has 0 amide bonds. The van der Waals surface area contributed by atoms with Crippen LogP contribution in [-0.2, 0) is 16.4 Å². The molecule has 0 bridgehead atoms. The summed E-state index contributed by atoms with van der Waals surface area (Å²) in [6.07, 6.45) is 0. The van der Waals surface area contributed by atoms with Crippen molar-refractivity contribution in [2.45, 2.75) is 6.92 Å². The van der Waals surface area contributed by atoms with Gasteiger partial charge in [0.05, 0.1) is 0 Å². The Morgan fingerprint density at radius 1 is 0.750 bits per heavy atom. The van der Waals surface area contributed by atoms with E-state index in [1.54, 1.807) is 0 Å². The first-order chi connectivity index (χ1) is 3.39. The standard InChI is InChI=1S/C7H8.2Ce.3O/c1-7-5-3-2-4-6-7;;;;;/h2-6H,1H3;;;;;/q;2*+3;3*-2. The van der Waals surface area contributed by atoms with Crippen molar-refractivity contribution in [2.75, 3.05) is 0 Å². The van der Waals surface area contributed by atoms with Gasteiger partial charge in [0.1, 0.15) is 0 Å². The van der Waals surface area contributed by atoms with Crippen molar-refractivity contribution in [3.8, 4) is 0 Å². The molecule has 12 heavy (non-hydrogen) atoms. The van der Waals surface area contributed by atoms with E-state index in [0.29, 0.717) is 0 Å². The molecule has 0 saturated heterocycles. The van der Waals surface area contributed by atoms with E-state index < -0.39 is 0 Å². The normalized spacial score (nSPS) is 5.08. The molecule has 0 fully saturated rings. The summed E-state index contributed by atoms with van der Waals surface area (Å²) in [6, 6.07) is 10.3. The summed E-state index contributed by atoms with van der Waals surface area (Å²) in [5.74, 6) is 0. The summed E-state index contributed by atoms with van der Waals surface area (Å²) in [6.45, 7) is 2.08. The van der Waals surface area contributed by atoms with Crippen molar-refractivity contribution < 1.29 is 99.9 Å². The predicted octanol–water partition coefficient (Wildman–Crippen LogP) is 1.64. The Kier molecular flexibility index (Phi) is 45.3. The van der Waals surface area contributed by atoms with E-state index in [1.807, 2.05) is 18.2 Å². The van der Waals surface area contributed by atoms with Gasteiger partial charge in [-0.3, -0.25) is 0 Å². The number of hydrogen-bond acceptors (Lipinski definition) is 0. The van der Waals surface area contributed by atoms with Gasteiger partial charge in [-0.1, -0.05) is 35.9 Å². The van der Waals surface area contributed by atoms with Crippen LogP contribution in [0.5, 0.6) is 0 Å². The second-order valence-corrected chi connectivity index (χ2v) is 1.65. The first kappa shape index (κ1) is 29.2. The minimum absolute atomic E-state index is 0. The van der Waals surface area contributed by atoms with E-state index in [9.17, 15) is 0 Å². The van der Waals surface area contributed by atoms with Crippen LogP contribution in [0.15, 0.2) is 30.3 Å². The number of aryl methyl sites for hydroxylation is 1. The molecule has 0 spiro atoms. The Balaban J connectivity index is -0.0000000327. The molecule has 0 heterocycles. The Hall–Kier alpha value is 1.85. The summed E-state index contributed by atoms with van der Waals surface area (Å²) in [4.78, 5) is 0. The smallest absolute Gasteiger partial charge is 2.00 e. The van der Waals surface area contributed by atoms with Gasteiger partial charge in [-0.25, -0.2) is 0 Å². The van der Waals surface area contributed by atoms with Crippen molar-refractivity contribution in [1.82, 2.24) is 0 Å². The topological polar surface area (TPSA) is 85.5 Å². The van der Waals surface area contributed by atoms with Crippen molar-refractivity contribution >= 4 is 0 Å². The monoisotopic (exact) mass is 420 g/mol. The maximum Gasteiger partial charge on any atom is 3.00 e. The van der Waals surface area contributed by atoms with Crippen LogP contribution in [0.3, 0.4) is 0 Å². The van der Waals surface area contributed by atoms with Crippen LogP contribution in [0.2, 0.25) is 0 Å². The van der Waals surface area contributed by atoms with Crippen LogP contribution in [0.1, 0.15) is 5.56 Å². The molecule has 2 radical (unpaired) electrons. The van der Waals surface area contributed by atoms with Gasteiger partial charge in [0, 0.05) is 0 Å². The fourth-order valence-electron chi connectivity index (χ4n) is 0.534. The maximum absolute atomic E-state index is 2.08. The summed E-state index contributed by atoms with van der Waals surface area (Å²) in [7, 11) is 0. The van der Waals surface area contributed by atoms with Crippen molar-refractivity contribution in [1.29, 1.82) is 0 Å². The van der Waals surface area contributed by atoms with Gasteiger partial charge in [0.2, 0.25) is 0 Å².